The molecular formula is C17H22ClN2O4P. The van der Waals surface area contributed by atoms with Crippen LogP contribution in [0.3, 0.4) is 0 Å². The average molecular weight is 385 g/mol. The van der Waals surface area contributed by atoms with Gasteiger partial charge in [0.2, 0.25) is 5.75 Å². The van der Waals surface area contributed by atoms with Crippen LogP contribution in [0.1, 0.15) is 38.1 Å². The molecule has 1 saturated carbocycles. The normalized spacial score (nSPS) is 18.0. The number of hydrogen-bond acceptors (Lipinski definition) is 4. The Hall–Kier alpha value is -1.49. The van der Waals surface area contributed by atoms with Crippen LogP contribution in [0.5, 0.6) is 5.75 Å². The van der Waals surface area contributed by atoms with Gasteiger partial charge >= 0.3 is 13.2 Å². The first-order chi connectivity index (χ1) is 11.9. The molecule has 25 heavy (non-hydrogen) atoms. The quantitative estimate of drug-likeness (QED) is 0.704. The van der Waals surface area contributed by atoms with E-state index in [0.29, 0.717) is 10.7 Å². The smallest absolute Gasteiger partial charge is 0.376 e. The Kier molecular flexibility index (Phi) is 5.42. The summed E-state index contributed by atoms with van der Waals surface area (Å²) in [5.41, 5.74) is 0.338. The molecule has 0 spiro atoms. The van der Waals surface area contributed by atoms with Gasteiger partial charge in [-0.3, -0.25) is 9.48 Å². The van der Waals surface area contributed by atoms with Crippen LogP contribution in [0.25, 0.3) is 5.69 Å². The maximum atomic E-state index is 12.9. The van der Waals surface area contributed by atoms with E-state index in [1.165, 1.54) is 20.2 Å². The summed E-state index contributed by atoms with van der Waals surface area (Å²) >= 11 is 5.97. The molecule has 2 aromatic rings. The lowest BCUT2D eigenvalue weighted by atomic mass is 9.96. The van der Waals surface area contributed by atoms with E-state index in [2.05, 4.69) is 0 Å². The Morgan fingerprint density at radius 2 is 1.80 bits per heavy atom. The highest BCUT2D eigenvalue weighted by Crippen LogP contribution is 2.43. The van der Waals surface area contributed by atoms with Crippen molar-refractivity contribution in [1.82, 2.24) is 9.36 Å². The number of halogens is 1. The maximum absolute atomic E-state index is 12.9. The minimum Gasteiger partial charge on any atom is -0.417 e. The zero-order valence-electron chi connectivity index (χ0n) is 14.4. The second-order valence-corrected chi connectivity index (χ2v) is 8.83. The van der Waals surface area contributed by atoms with Gasteiger partial charge in [0.05, 0.1) is 17.9 Å². The summed E-state index contributed by atoms with van der Waals surface area (Å²) in [5, 5.41) is 0.599. The number of hydrogen-bond donors (Lipinski definition) is 0. The third-order valence-electron chi connectivity index (χ3n) is 4.50. The van der Waals surface area contributed by atoms with Gasteiger partial charge in [-0.1, -0.05) is 30.9 Å². The van der Waals surface area contributed by atoms with Crippen molar-refractivity contribution in [2.45, 2.75) is 38.1 Å². The fourth-order valence-electron chi connectivity index (χ4n) is 3.17. The van der Waals surface area contributed by atoms with Gasteiger partial charge in [0.15, 0.2) is 0 Å². The number of benzene rings is 1. The highest BCUT2D eigenvalue weighted by atomic mass is 35.5. The van der Waals surface area contributed by atoms with E-state index in [1.54, 1.807) is 35.1 Å². The van der Waals surface area contributed by atoms with Crippen LogP contribution >= 0.6 is 19.2 Å². The molecule has 6 nitrogen and oxygen atoms in total. The van der Waals surface area contributed by atoms with E-state index < -0.39 is 7.60 Å². The van der Waals surface area contributed by atoms with E-state index in [4.69, 9.17) is 20.6 Å². The van der Waals surface area contributed by atoms with E-state index in [0.717, 1.165) is 25.7 Å². The van der Waals surface area contributed by atoms with Crippen molar-refractivity contribution in [2.75, 3.05) is 13.8 Å². The molecule has 0 N–H and O–H groups in total. The van der Waals surface area contributed by atoms with Crippen molar-refractivity contribution < 1.29 is 13.6 Å². The fraction of sp³-hybridized carbons (Fsp3) is 0.471. The van der Waals surface area contributed by atoms with Crippen molar-refractivity contribution in [3.05, 3.63) is 45.8 Å². The van der Waals surface area contributed by atoms with Crippen LogP contribution in [0, 0.1) is 0 Å². The molecule has 1 aromatic heterocycles. The molecule has 0 saturated heterocycles. The molecule has 1 unspecified atom stereocenters. The lowest BCUT2D eigenvalue weighted by molar-refractivity contribution is 0.310. The van der Waals surface area contributed by atoms with Gasteiger partial charge in [0, 0.05) is 18.8 Å². The summed E-state index contributed by atoms with van der Waals surface area (Å²) in [5.74, 6) is 0.0354. The Bertz CT molecular complexity index is 837. The van der Waals surface area contributed by atoms with Gasteiger partial charge < -0.3 is 9.05 Å². The third kappa shape index (κ3) is 4.02. The largest absolute Gasteiger partial charge is 0.417 e. The van der Waals surface area contributed by atoms with Gasteiger partial charge in [-0.05, 0) is 37.1 Å². The molecule has 8 heteroatoms. The molecular weight excluding hydrogens is 363 g/mol. The first kappa shape index (κ1) is 18.3. The van der Waals surface area contributed by atoms with Crippen LogP contribution < -0.4 is 10.1 Å². The summed E-state index contributed by atoms with van der Waals surface area (Å²) in [7, 11) is -2.01. The van der Waals surface area contributed by atoms with Crippen LogP contribution in [0.4, 0.5) is 0 Å². The standard InChI is InChI=1S/C17H22ClN2O4P/c1-23-25(2,22)24-16-12-19(14-6-4-3-5-7-14)20(17(16)21)15-10-8-13(18)9-11-15/h8-12,14H,3-7H2,1-2H3. The predicted molar refractivity (Wildman–Crippen MR) is 98.3 cm³/mol. The lowest BCUT2D eigenvalue weighted by Crippen LogP contribution is -2.25. The predicted octanol–water partition coefficient (Wildman–Crippen LogP) is 4.65. The Morgan fingerprint density at radius 1 is 1.16 bits per heavy atom. The molecule has 1 aliphatic rings. The van der Waals surface area contributed by atoms with Gasteiger partial charge in [0.1, 0.15) is 0 Å². The molecule has 0 aliphatic heterocycles. The van der Waals surface area contributed by atoms with Crippen molar-refractivity contribution in [3.8, 4) is 11.4 Å². The summed E-state index contributed by atoms with van der Waals surface area (Å²) < 4.78 is 25.9. The molecule has 0 amide bonds. The summed E-state index contributed by atoms with van der Waals surface area (Å²) in [6.07, 6.45) is 7.09. The molecule has 1 atom stereocenters. The van der Waals surface area contributed by atoms with Crippen molar-refractivity contribution in [1.29, 1.82) is 0 Å². The highest BCUT2D eigenvalue weighted by molar-refractivity contribution is 7.53. The summed E-state index contributed by atoms with van der Waals surface area (Å²) in [6, 6.07) is 7.25. The minimum atomic E-state index is -3.32. The van der Waals surface area contributed by atoms with Crippen molar-refractivity contribution in [2.24, 2.45) is 0 Å². The van der Waals surface area contributed by atoms with Gasteiger partial charge in [0.25, 0.3) is 0 Å². The van der Waals surface area contributed by atoms with E-state index in [-0.39, 0.29) is 17.4 Å². The Morgan fingerprint density at radius 3 is 2.40 bits per heavy atom. The minimum absolute atomic E-state index is 0.0354. The monoisotopic (exact) mass is 384 g/mol. The van der Waals surface area contributed by atoms with Crippen molar-refractivity contribution >= 4 is 19.2 Å². The molecule has 1 aromatic carbocycles. The van der Waals surface area contributed by atoms with Crippen LogP contribution in [-0.2, 0) is 9.09 Å². The molecule has 0 radical (unpaired) electrons. The second-order valence-electron chi connectivity index (χ2n) is 6.30. The fourth-order valence-corrected chi connectivity index (χ4v) is 3.85. The number of aromatic nitrogens is 2. The summed E-state index contributed by atoms with van der Waals surface area (Å²) in [6.45, 7) is 1.34. The van der Waals surface area contributed by atoms with Crippen LogP contribution in [-0.4, -0.2) is 23.1 Å². The third-order valence-corrected chi connectivity index (χ3v) is 5.94. The Balaban J connectivity index is 2.09. The van der Waals surface area contributed by atoms with Gasteiger partial charge in [-0.15, -0.1) is 0 Å². The molecule has 136 valence electrons. The first-order valence-electron chi connectivity index (χ1n) is 8.34. The molecule has 1 heterocycles. The van der Waals surface area contributed by atoms with Crippen LogP contribution in [0.15, 0.2) is 35.3 Å². The number of rotatable bonds is 5. The van der Waals surface area contributed by atoms with Gasteiger partial charge in [-0.2, -0.15) is 0 Å². The topological polar surface area (TPSA) is 62.5 Å². The second kappa shape index (κ2) is 7.40. The van der Waals surface area contributed by atoms with E-state index in [1.807, 2.05) is 4.68 Å². The average Bonchev–Trinajstić information content (AvgIpc) is 2.92. The van der Waals surface area contributed by atoms with Crippen LogP contribution in [0.2, 0.25) is 5.02 Å². The zero-order valence-corrected chi connectivity index (χ0v) is 16.0. The van der Waals surface area contributed by atoms with Gasteiger partial charge in [-0.25, -0.2) is 9.25 Å². The van der Waals surface area contributed by atoms with E-state index in [9.17, 15) is 9.36 Å². The summed E-state index contributed by atoms with van der Waals surface area (Å²) in [4.78, 5) is 12.9. The first-order valence-corrected chi connectivity index (χ1v) is 10.7. The van der Waals surface area contributed by atoms with Crippen molar-refractivity contribution in [3.63, 3.8) is 0 Å². The molecule has 0 bridgehead atoms. The molecule has 1 aliphatic carbocycles. The number of nitrogens with zero attached hydrogens (tertiary/aromatic N) is 2. The lowest BCUT2D eigenvalue weighted by Gasteiger charge is -2.25. The molecule has 3 rings (SSSR count). The Labute approximate surface area is 151 Å². The zero-order chi connectivity index (χ0) is 18.0. The SMILES string of the molecule is COP(C)(=O)Oc1cn(C2CCCCC2)n(-c2ccc(Cl)cc2)c1=O. The maximum Gasteiger partial charge on any atom is 0.376 e. The molecule has 1 fully saturated rings. The highest BCUT2D eigenvalue weighted by Gasteiger charge is 2.26. The van der Waals surface area contributed by atoms with E-state index >= 15 is 0 Å².